The number of halogens is 1. The van der Waals surface area contributed by atoms with Crippen LogP contribution in [0, 0.1) is 0 Å². The van der Waals surface area contributed by atoms with Gasteiger partial charge in [-0.05, 0) is 48.4 Å². The van der Waals surface area contributed by atoms with E-state index >= 15 is 0 Å². The van der Waals surface area contributed by atoms with E-state index < -0.39 is 24.0 Å². The smallest absolute Gasteiger partial charge is 0.344 e. The molecular formula is C21H19ClN2O6. The maximum atomic E-state index is 12.7. The molecule has 9 heteroatoms. The molecule has 0 radical (unpaired) electrons. The Morgan fingerprint density at radius 1 is 1.20 bits per heavy atom. The van der Waals surface area contributed by atoms with E-state index in [1.165, 1.54) is 26.2 Å². The number of nitrogens with one attached hydrogen (secondary N) is 1. The third-order valence-corrected chi connectivity index (χ3v) is 4.62. The second-order valence-corrected chi connectivity index (χ2v) is 6.95. The Bertz CT molecular complexity index is 1020. The summed E-state index contributed by atoms with van der Waals surface area (Å²) in [5.41, 5.74) is 1.45. The van der Waals surface area contributed by atoms with Crippen molar-refractivity contribution in [2.45, 2.75) is 19.6 Å². The van der Waals surface area contributed by atoms with E-state index in [1.807, 2.05) is 0 Å². The number of amides is 3. The Morgan fingerprint density at radius 2 is 1.90 bits per heavy atom. The Kier molecular flexibility index (Phi) is 6.27. The highest BCUT2D eigenvalue weighted by Gasteiger charge is 2.33. The molecule has 3 rings (SSSR count). The van der Waals surface area contributed by atoms with E-state index in [1.54, 1.807) is 36.4 Å². The Morgan fingerprint density at radius 3 is 2.53 bits per heavy atom. The largest absolute Gasteiger partial charge is 0.493 e. The van der Waals surface area contributed by atoms with Gasteiger partial charge in [0.15, 0.2) is 17.6 Å². The first-order valence-electron chi connectivity index (χ1n) is 8.95. The van der Waals surface area contributed by atoms with Gasteiger partial charge in [0.25, 0.3) is 5.91 Å². The van der Waals surface area contributed by atoms with Crippen LogP contribution >= 0.6 is 11.6 Å². The molecule has 0 aliphatic carbocycles. The average molecular weight is 431 g/mol. The molecule has 2 aromatic rings. The number of hydrogen-bond donors (Lipinski definition) is 2. The summed E-state index contributed by atoms with van der Waals surface area (Å²) in [6.45, 7) is 1.52. The molecule has 8 nitrogen and oxygen atoms in total. The van der Waals surface area contributed by atoms with Crippen molar-refractivity contribution < 1.29 is 29.0 Å². The normalized spacial score (nSPS) is 15.8. The van der Waals surface area contributed by atoms with Gasteiger partial charge < -0.3 is 19.9 Å². The zero-order valence-corrected chi connectivity index (χ0v) is 17.0. The van der Waals surface area contributed by atoms with Gasteiger partial charge in [0, 0.05) is 5.02 Å². The fourth-order valence-electron chi connectivity index (χ4n) is 2.77. The van der Waals surface area contributed by atoms with Gasteiger partial charge in [0.05, 0.1) is 13.7 Å². The average Bonchev–Trinajstić information content (AvgIpc) is 2.97. The van der Waals surface area contributed by atoms with Crippen LogP contribution in [0.4, 0.5) is 4.79 Å². The number of urea groups is 1. The molecule has 2 N–H and O–H groups in total. The summed E-state index contributed by atoms with van der Waals surface area (Å²) in [6, 6.07) is 11.1. The third kappa shape index (κ3) is 4.72. The lowest BCUT2D eigenvalue weighted by molar-refractivity contribution is -0.144. The fraction of sp³-hybridized carbons (Fsp3) is 0.190. The van der Waals surface area contributed by atoms with Crippen LogP contribution in [0.1, 0.15) is 18.1 Å². The van der Waals surface area contributed by atoms with Crippen LogP contribution in [0.15, 0.2) is 48.2 Å². The maximum Gasteiger partial charge on any atom is 0.344 e. The molecule has 1 aliphatic rings. The number of methoxy groups -OCH3 is 1. The van der Waals surface area contributed by atoms with Crippen molar-refractivity contribution in [3.05, 3.63) is 64.3 Å². The topological polar surface area (TPSA) is 105 Å². The lowest BCUT2D eigenvalue weighted by Crippen LogP contribution is -2.30. The van der Waals surface area contributed by atoms with Crippen LogP contribution in [0.25, 0.3) is 6.08 Å². The number of ether oxygens (including phenoxy) is 2. The van der Waals surface area contributed by atoms with Crippen molar-refractivity contribution in [2.24, 2.45) is 0 Å². The molecule has 156 valence electrons. The van der Waals surface area contributed by atoms with E-state index in [0.29, 0.717) is 16.3 Å². The van der Waals surface area contributed by atoms with Crippen molar-refractivity contribution in [3.8, 4) is 11.5 Å². The van der Waals surface area contributed by atoms with Gasteiger partial charge in [-0.3, -0.25) is 9.69 Å². The molecule has 1 aliphatic heterocycles. The summed E-state index contributed by atoms with van der Waals surface area (Å²) in [6.07, 6.45) is 0.454. The van der Waals surface area contributed by atoms with Crippen LogP contribution in [0.2, 0.25) is 5.02 Å². The summed E-state index contributed by atoms with van der Waals surface area (Å²) >= 11 is 5.86. The van der Waals surface area contributed by atoms with Crippen molar-refractivity contribution in [1.82, 2.24) is 10.2 Å². The molecule has 3 amide bonds. The number of aliphatic carboxylic acids is 1. The van der Waals surface area contributed by atoms with Crippen molar-refractivity contribution in [2.75, 3.05) is 7.11 Å². The van der Waals surface area contributed by atoms with Crippen molar-refractivity contribution in [1.29, 1.82) is 0 Å². The second kappa shape index (κ2) is 8.87. The van der Waals surface area contributed by atoms with Gasteiger partial charge in [-0.25, -0.2) is 9.59 Å². The number of carboxylic acids is 1. The van der Waals surface area contributed by atoms with E-state index in [2.05, 4.69) is 5.32 Å². The highest BCUT2D eigenvalue weighted by molar-refractivity contribution is 6.30. The minimum Gasteiger partial charge on any atom is -0.493 e. The summed E-state index contributed by atoms with van der Waals surface area (Å²) in [4.78, 5) is 37.0. The van der Waals surface area contributed by atoms with Gasteiger partial charge in [-0.1, -0.05) is 29.8 Å². The quantitative estimate of drug-likeness (QED) is 0.516. The lowest BCUT2D eigenvalue weighted by atomic mass is 10.1. The first-order valence-corrected chi connectivity index (χ1v) is 9.32. The minimum atomic E-state index is -1.11. The van der Waals surface area contributed by atoms with Gasteiger partial charge in [0.2, 0.25) is 0 Å². The standard InChI is InChI=1S/C21H19ClN2O6/c1-12(20(26)27)30-17-8-5-14(10-18(17)29-2)9-16-19(25)24(21(28)23-16)11-13-3-6-15(22)7-4-13/h3-10,12H,11H2,1-2H3,(H,23,28)(H,26,27)/b16-9-/t12-/m0/s1. The van der Waals surface area contributed by atoms with Crippen LogP contribution < -0.4 is 14.8 Å². The van der Waals surface area contributed by atoms with E-state index in [0.717, 1.165) is 10.5 Å². The molecule has 0 bridgehead atoms. The monoisotopic (exact) mass is 430 g/mol. The first-order chi connectivity index (χ1) is 14.3. The molecule has 1 saturated heterocycles. The van der Waals surface area contributed by atoms with Gasteiger partial charge >= 0.3 is 12.0 Å². The minimum absolute atomic E-state index is 0.113. The Hall–Kier alpha value is -3.52. The highest BCUT2D eigenvalue weighted by atomic mass is 35.5. The van der Waals surface area contributed by atoms with Crippen LogP contribution in [-0.2, 0) is 16.1 Å². The van der Waals surface area contributed by atoms with Crippen LogP contribution in [-0.4, -0.2) is 41.1 Å². The molecule has 0 spiro atoms. The number of carbonyl (C=O) groups excluding carboxylic acids is 2. The molecule has 0 aromatic heterocycles. The number of carbonyl (C=O) groups is 3. The van der Waals surface area contributed by atoms with Gasteiger partial charge in [0.1, 0.15) is 5.70 Å². The number of nitrogens with zero attached hydrogens (tertiary/aromatic N) is 1. The molecule has 0 saturated carbocycles. The van der Waals surface area contributed by atoms with Crippen molar-refractivity contribution >= 4 is 35.6 Å². The molecular weight excluding hydrogens is 412 g/mol. The van der Waals surface area contributed by atoms with E-state index in [4.69, 9.17) is 26.2 Å². The molecule has 30 heavy (non-hydrogen) atoms. The van der Waals surface area contributed by atoms with E-state index in [-0.39, 0.29) is 18.0 Å². The fourth-order valence-corrected chi connectivity index (χ4v) is 2.89. The van der Waals surface area contributed by atoms with Crippen LogP contribution in [0.5, 0.6) is 11.5 Å². The molecule has 1 atom stereocenters. The summed E-state index contributed by atoms with van der Waals surface area (Å²) < 4.78 is 10.6. The predicted octanol–water partition coefficient (Wildman–Crippen LogP) is 3.29. The number of benzene rings is 2. The number of rotatable bonds is 7. The molecule has 1 heterocycles. The second-order valence-electron chi connectivity index (χ2n) is 6.51. The molecule has 1 fully saturated rings. The van der Waals surface area contributed by atoms with E-state index in [9.17, 15) is 14.4 Å². The number of carboxylic acid groups (broad SMARTS) is 1. The zero-order chi connectivity index (χ0) is 21.8. The molecule has 2 aromatic carbocycles. The summed E-state index contributed by atoms with van der Waals surface area (Å²) in [5, 5.41) is 12.1. The predicted molar refractivity (Wildman–Crippen MR) is 109 cm³/mol. The zero-order valence-electron chi connectivity index (χ0n) is 16.2. The molecule has 0 unspecified atom stereocenters. The van der Waals surface area contributed by atoms with Gasteiger partial charge in [-0.15, -0.1) is 0 Å². The Balaban J connectivity index is 1.79. The van der Waals surface area contributed by atoms with Gasteiger partial charge in [-0.2, -0.15) is 0 Å². The van der Waals surface area contributed by atoms with Crippen molar-refractivity contribution in [3.63, 3.8) is 0 Å². The highest BCUT2D eigenvalue weighted by Crippen LogP contribution is 2.30. The lowest BCUT2D eigenvalue weighted by Gasteiger charge is -2.14. The first kappa shape index (κ1) is 21.2. The summed E-state index contributed by atoms with van der Waals surface area (Å²) in [7, 11) is 1.42. The third-order valence-electron chi connectivity index (χ3n) is 4.37. The number of hydrogen-bond acceptors (Lipinski definition) is 5. The summed E-state index contributed by atoms with van der Waals surface area (Å²) in [5.74, 6) is -1.02. The number of imide groups is 1. The Labute approximate surface area is 177 Å². The maximum absolute atomic E-state index is 12.7. The SMILES string of the molecule is COc1cc(/C=C2\NC(=O)N(Cc3ccc(Cl)cc3)C2=O)ccc1O[C@@H](C)C(=O)O. The van der Waals surface area contributed by atoms with Crippen LogP contribution in [0.3, 0.4) is 0 Å².